The van der Waals surface area contributed by atoms with Gasteiger partial charge in [0.25, 0.3) is 0 Å². The number of carbonyl (C=O) groups is 2. The number of primary amides is 1. The monoisotopic (exact) mass is 287 g/mol. The number of hydrogen-bond donors (Lipinski definition) is 1. The zero-order chi connectivity index (χ0) is 15.8. The Morgan fingerprint density at radius 2 is 1.95 bits per heavy atom. The van der Waals surface area contributed by atoms with Crippen LogP contribution in [0.15, 0.2) is 18.2 Å². The molecule has 1 saturated carbocycles. The fourth-order valence-corrected chi connectivity index (χ4v) is 3.75. The summed E-state index contributed by atoms with van der Waals surface area (Å²) in [6.07, 6.45) is 3.42. The highest BCUT2D eigenvalue weighted by Crippen LogP contribution is 2.47. The van der Waals surface area contributed by atoms with E-state index in [4.69, 9.17) is 5.73 Å². The summed E-state index contributed by atoms with van der Waals surface area (Å²) < 4.78 is 0. The summed E-state index contributed by atoms with van der Waals surface area (Å²) in [5.74, 6) is 0.687. The summed E-state index contributed by atoms with van der Waals surface area (Å²) in [5, 5.41) is 0. The lowest BCUT2D eigenvalue weighted by molar-refractivity contribution is 0.0987. The van der Waals surface area contributed by atoms with Crippen molar-refractivity contribution in [1.82, 2.24) is 0 Å². The molecule has 1 fully saturated rings. The molecular weight excluding hydrogens is 262 g/mol. The fourth-order valence-electron chi connectivity index (χ4n) is 3.75. The number of Topliss-reactive ketones (excluding diaryl/α,β-unsaturated/α-hetero) is 1. The van der Waals surface area contributed by atoms with Crippen LogP contribution in [-0.4, -0.2) is 11.7 Å². The summed E-state index contributed by atoms with van der Waals surface area (Å²) in [7, 11) is 0. The van der Waals surface area contributed by atoms with Gasteiger partial charge in [-0.05, 0) is 48.3 Å². The zero-order valence-electron chi connectivity index (χ0n) is 13.4. The molecule has 0 radical (unpaired) electrons. The number of nitrogens with two attached hydrogens (primary N) is 1. The van der Waals surface area contributed by atoms with Crippen LogP contribution in [0, 0.1) is 11.8 Å². The van der Waals surface area contributed by atoms with Crippen LogP contribution in [-0.2, 0) is 5.41 Å². The highest BCUT2D eigenvalue weighted by molar-refractivity contribution is 5.99. The Kier molecular flexibility index (Phi) is 4.22. The lowest BCUT2D eigenvalue weighted by atomic mass is 9.60. The highest BCUT2D eigenvalue weighted by atomic mass is 16.1. The van der Waals surface area contributed by atoms with E-state index in [9.17, 15) is 9.59 Å². The minimum Gasteiger partial charge on any atom is -0.366 e. The number of ketones is 1. The van der Waals surface area contributed by atoms with E-state index in [1.165, 1.54) is 6.42 Å². The molecule has 2 rings (SSSR count). The molecule has 1 aliphatic carbocycles. The average molecular weight is 287 g/mol. The van der Waals surface area contributed by atoms with Crippen LogP contribution in [0.2, 0.25) is 0 Å². The van der Waals surface area contributed by atoms with Gasteiger partial charge in [-0.15, -0.1) is 0 Å². The molecular formula is C18H25NO2. The number of benzene rings is 1. The van der Waals surface area contributed by atoms with Gasteiger partial charge in [-0.3, -0.25) is 9.59 Å². The van der Waals surface area contributed by atoms with E-state index < -0.39 is 5.91 Å². The smallest absolute Gasteiger partial charge is 0.248 e. The summed E-state index contributed by atoms with van der Waals surface area (Å²) in [5.41, 5.74) is 7.54. The summed E-state index contributed by atoms with van der Waals surface area (Å²) in [6.45, 7) is 8.33. The van der Waals surface area contributed by atoms with Crippen molar-refractivity contribution >= 4 is 11.7 Å². The first-order chi connectivity index (χ1) is 9.77. The Morgan fingerprint density at radius 3 is 2.52 bits per heavy atom. The second-order valence-electron chi connectivity index (χ2n) is 6.76. The molecule has 0 bridgehead atoms. The van der Waals surface area contributed by atoms with Crippen molar-refractivity contribution in [2.24, 2.45) is 17.6 Å². The molecule has 114 valence electrons. The van der Waals surface area contributed by atoms with E-state index in [0.29, 0.717) is 17.4 Å². The third kappa shape index (κ3) is 2.74. The van der Waals surface area contributed by atoms with Crippen molar-refractivity contribution in [3.8, 4) is 0 Å². The van der Waals surface area contributed by atoms with Crippen LogP contribution in [0.25, 0.3) is 0 Å². The standard InChI is InChI=1S/C18H25NO2/c1-11-6-5-9-18(4,12(11)2)16-10-14(17(19)21)7-8-15(16)13(3)20/h7-8,10-12H,5-6,9H2,1-4H3,(H2,19,21)/t11-,12-,18?/m0/s1. The Labute approximate surface area is 126 Å². The summed E-state index contributed by atoms with van der Waals surface area (Å²) in [6, 6.07) is 5.26. The first-order valence-electron chi connectivity index (χ1n) is 7.72. The normalized spacial score (nSPS) is 29.1. The average Bonchev–Trinajstić information content (AvgIpc) is 2.43. The molecule has 1 aromatic rings. The molecule has 3 atom stereocenters. The van der Waals surface area contributed by atoms with E-state index in [1.54, 1.807) is 19.1 Å². The molecule has 3 heteroatoms. The molecule has 0 saturated heterocycles. The molecule has 0 aliphatic heterocycles. The highest BCUT2D eigenvalue weighted by Gasteiger charge is 2.40. The van der Waals surface area contributed by atoms with Gasteiger partial charge in [0.1, 0.15) is 0 Å². The molecule has 0 spiro atoms. The molecule has 0 aromatic heterocycles. The quantitative estimate of drug-likeness (QED) is 0.862. The van der Waals surface area contributed by atoms with Gasteiger partial charge >= 0.3 is 0 Å². The predicted molar refractivity (Wildman–Crippen MR) is 84.5 cm³/mol. The number of amides is 1. The minimum absolute atomic E-state index is 0.0488. The van der Waals surface area contributed by atoms with Crippen LogP contribution in [0.5, 0.6) is 0 Å². The van der Waals surface area contributed by atoms with Gasteiger partial charge in [0.2, 0.25) is 5.91 Å². The Morgan fingerprint density at radius 1 is 1.29 bits per heavy atom. The van der Waals surface area contributed by atoms with E-state index in [-0.39, 0.29) is 11.2 Å². The first kappa shape index (κ1) is 15.7. The lowest BCUT2D eigenvalue weighted by Gasteiger charge is -2.45. The zero-order valence-corrected chi connectivity index (χ0v) is 13.4. The van der Waals surface area contributed by atoms with E-state index in [1.807, 2.05) is 6.07 Å². The van der Waals surface area contributed by atoms with Crippen LogP contribution < -0.4 is 5.73 Å². The fraction of sp³-hybridized carbons (Fsp3) is 0.556. The van der Waals surface area contributed by atoms with Gasteiger partial charge in [-0.25, -0.2) is 0 Å². The van der Waals surface area contributed by atoms with E-state index in [2.05, 4.69) is 20.8 Å². The third-order valence-electron chi connectivity index (χ3n) is 5.51. The maximum absolute atomic E-state index is 12.0. The molecule has 21 heavy (non-hydrogen) atoms. The van der Waals surface area contributed by atoms with Crippen LogP contribution in [0.3, 0.4) is 0 Å². The molecule has 0 heterocycles. The number of hydrogen-bond acceptors (Lipinski definition) is 2. The Balaban J connectivity index is 2.61. The molecule has 1 amide bonds. The largest absolute Gasteiger partial charge is 0.366 e. The maximum atomic E-state index is 12.0. The van der Waals surface area contributed by atoms with E-state index in [0.717, 1.165) is 24.0 Å². The van der Waals surface area contributed by atoms with Gasteiger partial charge in [-0.1, -0.05) is 39.7 Å². The van der Waals surface area contributed by atoms with Crippen molar-refractivity contribution in [3.63, 3.8) is 0 Å². The molecule has 3 nitrogen and oxygen atoms in total. The van der Waals surface area contributed by atoms with Crippen molar-refractivity contribution in [2.75, 3.05) is 0 Å². The van der Waals surface area contributed by atoms with Gasteiger partial charge in [0.15, 0.2) is 5.78 Å². The van der Waals surface area contributed by atoms with Gasteiger partial charge in [-0.2, -0.15) is 0 Å². The Hall–Kier alpha value is -1.64. The number of rotatable bonds is 3. The summed E-state index contributed by atoms with van der Waals surface area (Å²) >= 11 is 0. The summed E-state index contributed by atoms with van der Waals surface area (Å²) in [4.78, 5) is 23.5. The number of carbonyl (C=O) groups excluding carboxylic acids is 2. The van der Waals surface area contributed by atoms with Gasteiger partial charge in [0, 0.05) is 11.1 Å². The Bertz CT molecular complexity index is 579. The first-order valence-corrected chi connectivity index (χ1v) is 7.72. The van der Waals surface area contributed by atoms with Crippen molar-refractivity contribution in [2.45, 2.75) is 52.4 Å². The van der Waals surface area contributed by atoms with Crippen LogP contribution >= 0.6 is 0 Å². The molecule has 1 aromatic carbocycles. The second kappa shape index (κ2) is 5.63. The van der Waals surface area contributed by atoms with Crippen LogP contribution in [0.4, 0.5) is 0 Å². The topological polar surface area (TPSA) is 60.2 Å². The van der Waals surface area contributed by atoms with Crippen LogP contribution in [0.1, 0.15) is 73.2 Å². The predicted octanol–water partition coefficient (Wildman–Crippen LogP) is 3.70. The minimum atomic E-state index is -0.438. The van der Waals surface area contributed by atoms with Gasteiger partial charge < -0.3 is 5.73 Å². The van der Waals surface area contributed by atoms with Crippen molar-refractivity contribution in [1.29, 1.82) is 0 Å². The van der Waals surface area contributed by atoms with Crippen molar-refractivity contribution in [3.05, 3.63) is 34.9 Å². The molecule has 1 aliphatic rings. The molecule has 1 unspecified atom stereocenters. The third-order valence-corrected chi connectivity index (χ3v) is 5.51. The maximum Gasteiger partial charge on any atom is 0.248 e. The van der Waals surface area contributed by atoms with E-state index >= 15 is 0 Å². The van der Waals surface area contributed by atoms with Crippen molar-refractivity contribution < 1.29 is 9.59 Å². The lowest BCUT2D eigenvalue weighted by Crippen LogP contribution is -2.39. The second-order valence-corrected chi connectivity index (χ2v) is 6.76. The molecule has 2 N–H and O–H groups in total. The van der Waals surface area contributed by atoms with Gasteiger partial charge in [0.05, 0.1) is 0 Å². The SMILES string of the molecule is CC(=O)c1ccc(C(N)=O)cc1C1(C)CCC[C@H](C)[C@@H]1C.